The summed E-state index contributed by atoms with van der Waals surface area (Å²) >= 11 is 0. The molecule has 0 aliphatic carbocycles. The second-order valence-corrected chi connectivity index (χ2v) is 5.89. The SMILES string of the molecule is CC(C)NC(C)(CN1C[C@@H](C)O[C@@H](C)C1)C(=O)O. The maximum Gasteiger partial charge on any atom is 0.324 e. The van der Waals surface area contributed by atoms with Gasteiger partial charge in [0, 0.05) is 25.7 Å². The Hall–Kier alpha value is -0.650. The van der Waals surface area contributed by atoms with Crippen molar-refractivity contribution in [3.63, 3.8) is 0 Å². The molecule has 0 aromatic carbocycles. The first kappa shape index (κ1) is 15.4. The number of rotatable bonds is 5. The van der Waals surface area contributed by atoms with E-state index >= 15 is 0 Å². The molecule has 18 heavy (non-hydrogen) atoms. The fraction of sp³-hybridized carbons (Fsp3) is 0.923. The quantitative estimate of drug-likeness (QED) is 0.768. The Kier molecular flexibility index (Phi) is 5.13. The topological polar surface area (TPSA) is 61.8 Å². The molecule has 2 N–H and O–H groups in total. The van der Waals surface area contributed by atoms with Crippen molar-refractivity contribution in [1.29, 1.82) is 0 Å². The van der Waals surface area contributed by atoms with Crippen LogP contribution in [0.5, 0.6) is 0 Å². The van der Waals surface area contributed by atoms with Crippen LogP contribution >= 0.6 is 0 Å². The minimum atomic E-state index is -0.912. The number of morpholine rings is 1. The number of hydrogen-bond donors (Lipinski definition) is 2. The smallest absolute Gasteiger partial charge is 0.324 e. The second kappa shape index (κ2) is 5.99. The molecule has 1 aliphatic heterocycles. The predicted octanol–water partition coefficient (Wildman–Crippen LogP) is 0.937. The van der Waals surface area contributed by atoms with Gasteiger partial charge in [-0.05, 0) is 34.6 Å². The number of carboxylic acid groups (broad SMARTS) is 1. The van der Waals surface area contributed by atoms with Crippen LogP contribution in [-0.2, 0) is 9.53 Å². The van der Waals surface area contributed by atoms with Gasteiger partial charge >= 0.3 is 5.97 Å². The van der Waals surface area contributed by atoms with Gasteiger partial charge in [-0.25, -0.2) is 0 Å². The number of carbonyl (C=O) groups is 1. The molecule has 0 amide bonds. The lowest BCUT2D eigenvalue weighted by Crippen LogP contribution is -2.61. The number of carboxylic acids is 1. The summed E-state index contributed by atoms with van der Waals surface area (Å²) in [6, 6.07) is 0.141. The molecule has 1 rings (SSSR count). The minimum Gasteiger partial charge on any atom is -0.480 e. The maximum absolute atomic E-state index is 11.5. The summed E-state index contributed by atoms with van der Waals surface area (Å²) in [5, 5.41) is 12.6. The minimum absolute atomic E-state index is 0.141. The zero-order chi connectivity index (χ0) is 13.9. The Bertz CT molecular complexity index is 286. The lowest BCUT2D eigenvalue weighted by atomic mass is 9.99. The largest absolute Gasteiger partial charge is 0.480 e. The number of ether oxygens (including phenoxy) is 1. The highest BCUT2D eigenvalue weighted by Gasteiger charge is 2.37. The van der Waals surface area contributed by atoms with Gasteiger partial charge in [-0.15, -0.1) is 0 Å². The molecule has 1 saturated heterocycles. The number of hydrogen-bond acceptors (Lipinski definition) is 4. The first-order valence-corrected chi connectivity index (χ1v) is 6.62. The lowest BCUT2D eigenvalue weighted by Gasteiger charge is -2.40. The highest BCUT2D eigenvalue weighted by molar-refractivity contribution is 5.78. The highest BCUT2D eigenvalue weighted by Crippen LogP contribution is 2.15. The molecule has 1 unspecified atom stereocenters. The molecular weight excluding hydrogens is 232 g/mol. The van der Waals surface area contributed by atoms with Crippen molar-refractivity contribution < 1.29 is 14.6 Å². The number of nitrogens with zero attached hydrogens (tertiary/aromatic N) is 1. The number of aliphatic carboxylic acids is 1. The lowest BCUT2D eigenvalue weighted by molar-refractivity contribution is -0.147. The summed E-state index contributed by atoms with van der Waals surface area (Å²) in [4.78, 5) is 13.6. The molecule has 0 aromatic heterocycles. The van der Waals surface area contributed by atoms with E-state index in [9.17, 15) is 9.90 Å². The molecule has 3 atom stereocenters. The summed E-state index contributed by atoms with van der Waals surface area (Å²) in [5.41, 5.74) is -0.912. The zero-order valence-electron chi connectivity index (χ0n) is 12.1. The van der Waals surface area contributed by atoms with Crippen LogP contribution in [0.4, 0.5) is 0 Å². The normalized spacial score (nSPS) is 29.2. The molecule has 0 spiro atoms. The van der Waals surface area contributed by atoms with Crippen molar-refractivity contribution in [1.82, 2.24) is 10.2 Å². The van der Waals surface area contributed by atoms with Gasteiger partial charge in [-0.1, -0.05) is 0 Å². The van der Waals surface area contributed by atoms with E-state index in [1.165, 1.54) is 0 Å². The van der Waals surface area contributed by atoms with E-state index in [0.717, 1.165) is 13.1 Å². The first-order valence-electron chi connectivity index (χ1n) is 6.62. The van der Waals surface area contributed by atoms with Gasteiger partial charge in [0.25, 0.3) is 0 Å². The van der Waals surface area contributed by atoms with E-state index in [1.807, 2.05) is 27.7 Å². The van der Waals surface area contributed by atoms with Crippen LogP contribution in [0.2, 0.25) is 0 Å². The summed E-state index contributed by atoms with van der Waals surface area (Å²) in [6.45, 7) is 11.8. The predicted molar refractivity (Wildman–Crippen MR) is 70.8 cm³/mol. The van der Waals surface area contributed by atoms with E-state index in [0.29, 0.717) is 6.54 Å². The highest BCUT2D eigenvalue weighted by atomic mass is 16.5. The molecule has 1 heterocycles. The molecule has 0 radical (unpaired) electrons. The third kappa shape index (κ3) is 4.23. The van der Waals surface area contributed by atoms with Gasteiger partial charge in [0.05, 0.1) is 12.2 Å². The van der Waals surface area contributed by atoms with Crippen molar-refractivity contribution in [3.8, 4) is 0 Å². The molecule has 0 bridgehead atoms. The van der Waals surface area contributed by atoms with Gasteiger partial charge in [-0.2, -0.15) is 0 Å². The van der Waals surface area contributed by atoms with Crippen LogP contribution in [0.3, 0.4) is 0 Å². The van der Waals surface area contributed by atoms with Gasteiger partial charge in [-0.3, -0.25) is 15.0 Å². The molecule has 5 heteroatoms. The summed E-state index contributed by atoms with van der Waals surface area (Å²) < 4.78 is 5.66. The Morgan fingerprint density at radius 1 is 1.44 bits per heavy atom. The van der Waals surface area contributed by atoms with Gasteiger partial charge in [0.1, 0.15) is 5.54 Å². The molecule has 0 saturated carbocycles. The van der Waals surface area contributed by atoms with E-state index < -0.39 is 11.5 Å². The molecule has 5 nitrogen and oxygen atoms in total. The van der Waals surface area contributed by atoms with Gasteiger partial charge < -0.3 is 9.84 Å². The molecule has 0 aromatic rings. The van der Waals surface area contributed by atoms with Crippen molar-refractivity contribution in [3.05, 3.63) is 0 Å². The van der Waals surface area contributed by atoms with E-state index in [-0.39, 0.29) is 18.2 Å². The first-order chi connectivity index (χ1) is 8.23. The Balaban J connectivity index is 2.68. The van der Waals surface area contributed by atoms with Gasteiger partial charge in [0.15, 0.2) is 0 Å². The molecule has 1 aliphatic rings. The van der Waals surface area contributed by atoms with Crippen LogP contribution < -0.4 is 5.32 Å². The Morgan fingerprint density at radius 3 is 2.33 bits per heavy atom. The Morgan fingerprint density at radius 2 is 1.94 bits per heavy atom. The van der Waals surface area contributed by atoms with Crippen molar-refractivity contribution in [2.45, 2.75) is 58.4 Å². The molecule has 1 fully saturated rings. The van der Waals surface area contributed by atoms with Crippen LogP contribution in [-0.4, -0.2) is 59.4 Å². The third-order valence-corrected chi connectivity index (χ3v) is 3.11. The summed E-state index contributed by atoms with van der Waals surface area (Å²) in [6.07, 6.45) is 0.316. The third-order valence-electron chi connectivity index (χ3n) is 3.11. The van der Waals surface area contributed by atoms with Crippen molar-refractivity contribution in [2.24, 2.45) is 0 Å². The standard InChI is InChI=1S/C13H26N2O3/c1-9(2)14-13(5,12(16)17)8-15-6-10(3)18-11(4)7-15/h9-11,14H,6-8H2,1-5H3,(H,16,17)/t10-,11+,13?. The summed E-state index contributed by atoms with van der Waals surface area (Å²) in [5.74, 6) is -0.803. The van der Waals surface area contributed by atoms with Gasteiger partial charge in [0.2, 0.25) is 0 Å². The fourth-order valence-corrected chi connectivity index (χ4v) is 2.67. The second-order valence-electron chi connectivity index (χ2n) is 5.89. The Labute approximate surface area is 109 Å². The van der Waals surface area contributed by atoms with Crippen LogP contribution in [0.1, 0.15) is 34.6 Å². The fourth-order valence-electron chi connectivity index (χ4n) is 2.67. The van der Waals surface area contributed by atoms with Crippen molar-refractivity contribution >= 4 is 5.97 Å². The van der Waals surface area contributed by atoms with Crippen LogP contribution in [0.25, 0.3) is 0 Å². The monoisotopic (exact) mass is 258 g/mol. The van der Waals surface area contributed by atoms with Crippen LogP contribution in [0, 0.1) is 0 Å². The average Bonchev–Trinajstić information content (AvgIpc) is 2.13. The maximum atomic E-state index is 11.5. The van der Waals surface area contributed by atoms with Crippen molar-refractivity contribution in [2.75, 3.05) is 19.6 Å². The molecule has 106 valence electrons. The molecular formula is C13H26N2O3. The number of nitrogens with one attached hydrogen (secondary N) is 1. The van der Waals surface area contributed by atoms with E-state index in [1.54, 1.807) is 6.92 Å². The van der Waals surface area contributed by atoms with E-state index in [4.69, 9.17) is 4.74 Å². The average molecular weight is 258 g/mol. The zero-order valence-corrected chi connectivity index (χ0v) is 12.1. The van der Waals surface area contributed by atoms with Crippen LogP contribution in [0.15, 0.2) is 0 Å². The van der Waals surface area contributed by atoms with E-state index in [2.05, 4.69) is 10.2 Å². The summed E-state index contributed by atoms with van der Waals surface area (Å²) in [7, 11) is 0.